The molecule has 102 valence electrons. The fraction of sp³-hybridized carbons (Fsp3) is 0.538. The van der Waals surface area contributed by atoms with Gasteiger partial charge in [-0.2, -0.15) is 13.2 Å². The Labute approximate surface area is 105 Å². The molecule has 0 aliphatic rings. The Hall–Kier alpha value is -1.07. The maximum absolute atomic E-state index is 13.2. The van der Waals surface area contributed by atoms with E-state index in [0.717, 1.165) is 0 Å². The lowest BCUT2D eigenvalue weighted by atomic mass is 9.81. The maximum atomic E-state index is 13.2. The number of aliphatic hydroxyl groups is 1. The first-order valence-corrected chi connectivity index (χ1v) is 5.77. The third kappa shape index (κ3) is 2.24. The van der Waals surface area contributed by atoms with E-state index in [-0.39, 0.29) is 12.0 Å². The summed E-state index contributed by atoms with van der Waals surface area (Å²) in [5.74, 6) is 0. The monoisotopic (exact) mass is 261 g/mol. The number of benzene rings is 1. The van der Waals surface area contributed by atoms with Gasteiger partial charge in [0.25, 0.3) is 0 Å². The van der Waals surface area contributed by atoms with Gasteiger partial charge in [0.15, 0.2) is 0 Å². The van der Waals surface area contributed by atoms with E-state index in [1.54, 1.807) is 19.9 Å². The van der Waals surface area contributed by atoms with Crippen molar-refractivity contribution < 1.29 is 18.3 Å². The van der Waals surface area contributed by atoms with E-state index in [1.807, 2.05) is 0 Å². The third-order valence-electron chi connectivity index (χ3n) is 3.42. The lowest BCUT2D eigenvalue weighted by molar-refractivity contribution is -0.274. The zero-order valence-electron chi connectivity index (χ0n) is 10.7. The highest BCUT2D eigenvalue weighted by atomic mass is 19.4. The van der Waals surface area contributed by atoms with E-state index < -0.39 is 17.8 Å². The molecular formula is C13H18F3NO. The van der Waals surface area contributed by atoms with Gasteiger partial charge in [0.1, 0.15) is 0 Å². The molecule has 0 amide bonds. The maximum Gasteiger partial charge on any atom is 0.423 e. The van der Waals surface area contributed by atoms with Crippen molar-refractivity contribution in [3.05, 3.63) is 34.9 Å². The Morgan fingerprint density at radius 1 is 1.28 bits per heavy atom. The van der Waals surface area contributed by atoms with E-state index in [0.29, 0.717) is 11.1 Å². The highest BCUT2D eigenvalue weighted by Crippen LogP contribution is 2.43. The van der Waals surface area contributed by atoms with Crippen molar-refractivity contribution in [3.8, 4) is 0 Å². The van der Waals surface area contributed by atoms with Crippen molar-refractivity contribution in [2.24, 2.45) is 5.73 Å². The number of alkyl halides is 3. The summed E-state index contributed by atoms with van der Waals surface area (Å²) in [7, 11) is 0. The Balaban J connectivity index is 3.50. The molecule has 18 heavy (non-hydrogen) atoms. The van der Waals surface area contributed by atoms with Gasteiger partial charge >= 0.3 is 6.18 Å². The molecule has 2 unspecified atom stereocenters. The van der Waals surface area contributed by atoms with Crippen LogP contribution in [0.3, 0.4) is 0 Å². The average molecular weight is 261 g/mol. The van der Waals surface area contributed by atoms with Gasteiger partial charge in [-0.1, -0.05) is 25.1 Å². The Morgan fingerprint density at radius 2 is 1.83 bits per heavy atom. The van der Waals surface area contributed by atoms with E-state index in [9.17, 15) is 18.3 Å². The van der Waals surface area contributed by atoms with Crippen LogP contribution >= 0.6 is 0 Å². The summed E-state index contributed by atoms with van der Waals surface area (Å²) in [6.07, 6.45) is -4.77. The van der Waals surface area contributed by atoms with Crippen molar-refractivity contribution in [2.45, 2.75) is 45.0 Å². The molecule has 0 saturated heterocycles. The molecule has 2 atom stereocenters. The van der Waals surface area contributed by atoms with E-state index in [4.69, 9.17) is 5.73 Å². The fourth-order valence-corrected chi connectivity index (χ4v) is 2.02. The second-order valence-corrected chi connectivity index (χ2v) is 4.53. The third-order valence-corrected chi connectivity index (χ3v) is 3.42. The number of nitrogens with two attached hydrogens (primary N) is 1. The van der Waals surface area contributed by atoms with Crippen molar-refractivity contribution in [1.29, 1.82) is 0 Å². The van der Waals surface area contributed by atoms with Crippen LogP contribution < -0.4 is 5.73 Å². The molecule has 0 aliphatic heterocycles. The summed E-state index contributed by atoms with van der Waals surface area (Å²) in [6, 6.07) is 3.09. The Bertz CT molecular complexity index is 431. The molecule has 0 heterocycles. The summed E-state index contributed by atoms with van der Waals surface area (Å²) >= 11 is 0. The van der Waals surface area contributed by atoms with Crippen LogP contribution in [-0.4, -0.2) is 17.3 Å². The summed E-state index contributed by atoms with van der Waals surface area (Å²) in [5.41, 5.74) is 3.46. The quantitative estimate of drug-likeness (QED) is 0.878. The summed E-state index contributed by atoms with van der Waals surface area (Å²) in [5, 5.41) is 10.1. The van der Waals surface area contributed by atoms with Gasteiger partial charge in [-0.3, -0.25) is 0 Å². The van der Waals surface area contributed by atoms with Crippen LogP contribution in [0.4, 0.5) is 13.2 Å². The molecule has 2 nitrogen and oxygen atoms in total. The van der Waals surface area contributed by atoms with Gasteiger partial charge in [-0.15, -0.1) is 0 Å². The summed E-state index contributed by atoms with van der Waals surface area (Å²) < 4.78 is 39.6. The number of hydrogen-bond acceptors (Lipinski definition) is 2. The van der Waals surface area contributed by atoms with E-state index in [1.165, 1.54) is 19.1 Å². The van der Waals surface area contributed by atoms with Gasteiger partial charge in [0, 0.05) is 6.04 Å². The van der Waals surface area contributed by atoms with Crippen LogP contribution in [0.15, 0.2) is 18.2 Å². The van der Waals surface area contributed by atoms with Crippen LogP contribution in [-0.2, 0) is 5.60 Å². The molecule has 0 spiro atoms. The van der Waals surface area contributed by atoms with Crippen LogP contribution in [0.2, 0.25) is 0 Å². The van der Waals surface area contributed by atoms with Gasteiger partial charge in [-0.25, -0.2) is 0 Å². The summed E-state index contributed by atoms with van der Waals surface area (Å²) in [6.45, 7) is 4.78. The van der Waals surface area contributed by atoms with Gasteiger partial charge in [-0.05, 0) is 37.0 Å². The molecule has 0 aliphatic carbocycles. The topological polar surface area (TPSA) is 46.2 Å². The van der Waals surface area contributed by atoms with Crippen LogP contribution in [0.1, 0.15) is 30.0 Å². The zero-order valence-corrected chi connectivity index (χ0v) is 10.7. The fourth-order valence-electron chi connectivity index (χ4n) is 2.02. The molecule has 5 heteroatoms. The van der Waals surface area contributed by atoms with Crippen LogP contribution in [0.25, 0.3) is 0 Å². The highest BCUT2D eigenvalue weighted by Gasteiger charge is 2.58. The Kier molecular flexibility index (Phi) is 4.08. The van der Waals surface area contributed by atoms with Crippen LogP contribution in [0, 0.1) is 13.8 Å². The van der Waals surface area contributed by atoms with Crippen molar-refractivity contribution in [1.82, 2.24) is 0 Å². The molecule has 0 fully saturated rings. The number of halogens is 3. The zero-order chi connectivity index (χ0) is 14.1. The van der Waals surface area contributed by atoms with Crippen molar-refractivity contribution >= 4 is 0 Å². The first-order chi connectivity index (χ1) is 8.16. The number of aryl methyl sites for hydroxylation is 1. The lowest BCUT2D eigenvalue weighted by Gasteiger charge is -2.37. The minimum absolute atomic E-state index is 0.0311. The number of rotatable bonds is 3. The SMILES string of the molecule is CCC(N)C(O)(c1cccc(C)c1C)C(F)(F)F. The number of hydrogen-bond donors (Lipinski definition) is 2. The van der Waals surface area contributed by atoms with Gasteiger partial charge < -0.3 is 10.8 Å². The second-order valence-electron chi connectivity index (χ2n) is 4.53. The molecule has 0 saturated carbocycles. The molecule has 1 aromatic carbocycles. The lowest BCUT2D eigenvalue weighted by Crippen LogP contribution is -2.55. The first kappa shape index (κ1) is 15.0. The molecule has 1 aromatic rings. The van der Waals surface area contributed by atoms with Gasteiger partial charge in [0.2, 0.25) is 5.60 Å². The van der Waals surface area contributed by atoms with E-state index >= 15 is 0 Å². The molecule has 0 radical (unpaired) electrons. The highest BCUT2D eigenvalue weighted by molar-refractivity contribution is 5.39. The van der Waals surface area contributed by atoms with E-state index in [2.05, 4.69) is 0 Å². The standard InChI is InChI=1S/C13H18F3NO/c1-4-11(17)12(18,13(14,15)16)10-7-5-6-8(2)9(10)3/h5-7,11,18H,4,17H2,1-3H3. The molecular weight excluding hydrogens is 243 g/mol. The largest absolute Gasteiger partial charge is 0.423 e. The Morgan fingerprint density at radius 3 is 2.28 bits per heavy atom. The summed E-state index contributed by atoms with van der Waals surface area (Å²) in [4.78, 5) is 0. The first-order valence-electron chi connectivity index (χ1n) is 5.77. The predicted octanol–water partition coefficient (Wildman–Crippen LogP) is 2.79. The molecule has 0 aromatic heterocycles. The smallest absolute Gasteiger partial charge is 0.375 e. The normalized spacial score (nSPS) is 17.3. The molecule has 1 rings (SSSR count). The predicted molar refractivity (Wildman–Crippen MR) is 64.1 cm³/mol. The average Bonchev–Trinajstić information content (AvgIpc) is 2.29. The minimum Gasteiger partial charge on any atom is -0.375 e. The van der Waals surface area contributed by atoms with Crippen molar-refractivity contribution in [2.75, 3.05) is 0 Å². The molecule has 3 N–H and O–H groups in total. The van der Waals surface area contributed by atoms with Gasteiger partial charge in [0.05, 0.1) is 0 Å². The molecule has 0 bridgehead atoms. The minimum atomic E-state index is -4.80. The van der Waals surface area contributed by atoms with Crippen LogP contribution in [0.5, 0.6) is 0 Å². The van der Waals surface area contributed by atoms with Crippen molar-refractivity contribution in [3.63, 3.8) is 0 Å². The second kappa shape index (κ2) is 4.90.